The van der Waals surface area contributed by atoms with Crippen molar-refractivity contribution in [1.29, 1.82) is 0 Å². The van der Waals surface area contributed by atoms with Crippen molar-refractivity contribution in [2.75, 3.05) is 12.0 Å². The molecule has 0 fully saturated rings. The number of aromatic nitrogens is 7. The topological polar surface area (TPSA) is 78.4 Å². The molecule has 0 aliphatic carbocycles. The summed E-state index contributed by atoms with van der Waals surface area (Å²) in [7, 11) is 1.81. The molecule has 0 saturated carbocycles. The normalized spacial score (nSPS) is 14.9. The van der Waals surface area contributed by atoms with E-state index in [2.05, 4.69) is 25.6 Å². The van der Waals surface area contributed by atoms with Crippen LogP contribution in [-0.2, 0) is 19.5 Å². The first-order valence-electron chi connectivity index (χ1n) is 11.4. The number of nitrogens with one attached hydrogen (secondary N) is 1. The minimum Gasteiger partial charge on any atom is -0.342 e. The molecule has 4 aromatic heterocycles. The molecule has 12 heteroatoms. The van der Waals surface area contributed by atoms with E-state index in [0.717, 1.165) is 16.9 Å². The lowest BCUT2D eigenvalue weighted by molar-refractivity contribution is 0.0259. The van der Waals surface area contributed by atoms with Crippen molar-refractivity contribution >= 4 is 23.2 Å². The number of hydrogen-bond donors (Lipinski definition) is 1. The first-order chi connectivity index (χ1) is 17.9. The minimum absolute atomic E-state index is 0.101. The Kier molecular flexibility index (Phi) is 5.52. The van der Waals surface area contributed by atoms with Gasteiger partial charge in [-0.05, 0) is 29.8 Å². The van der Waals surface area contributed by atoms with Crippen LogP contribution in [0.2, 0.25) is 5.02 Å². The Balaban J connectivity index is 1.40. The summed E-state index contributed by atoms with van der Waals surface area (Å²) in [4.78, 5) is 4.36. The second-order valence-corrected chi connectivity index (χ2v) is 9.15. The van der Waals surface area contributed by atoms with Crippen molar-refractivity contribution in [1.82, 2.24) is 34.1 Å². The van der Waals surface area contributed by atoms with Gasteiger partial charge in [0.25, 0.3) is 0 Å². The third-order valence-electron chi connectivity index (χ3n) is 6.44. The highest BCUT2D eigenvalue weighted by Gasteiger charge is 2.44. The summed E-state index contributed by atoms with van der Waals surface area (Å²) in [6.45, 7) is -0.717. The molecule has 0 bridgehead atoms. The van der Waals surface area contributed by atoms with Crippen molar-refractivity contribution in [2.24, 2.45) is 7.05 Å². The molecular formula is C25H20ClF3N8. The maximum absolute atomic E-state index is 15.6. The molecular weight excluding hydrogens is 505 g/mol. The van der Waals surface area contributed by atoms with E-state index >= 15 is 8.78 Å². The van der Waals surface area contributed by atoms with E-state index in [-0.39, 0.29) is 17.4 Å². The molecule has 5 heterocycles. The standard InChI is InChI=1S/C25H20ClF3N8/c1-35-22(7-9-31-35)32-21-11-15(6-8-30-21)16-10-20-23-33-34-24(37(23)17(12-27)14-36(20)13-16)25(28,29)18-4-2-3-5-19(18)26/h2-11,13,17H,12,14H2,1H3,(H,30,32)/t17-/m0/s1. The van der Waals surface area contributed by atoms with Crippen molar-refractivity contribution in [3.8, 4) is 22.6 Å². The van der Waals surface area contributed by atoms with Gasteiger partial charge in [0.15, 0.2) is 5.82 Å². The van der Waals surface area contributed by atoms with Gasteiger partial charge in [-0.25, -0.2) is 9.37 Å². The Bertz CT molecular complexity index is 1600. The molecule has 0 radical (unpaired) electrons. The number of rotatable bonds is 6. The monoisotopic (exact) mass is 524 g/mol. The Hall–Kier alpha value is -4.12. The van der Waals surface area contributed by atoms with Crippen molar-refractivity contribution in [3.63, 3.8) is 0 Å². The number of benzene rings is 1. The molecule has 0 spiro atoms. The summed E-state index contributed by atoms with van der Waals surface area (Å²) >= 11 is 6.07. The number of aryl methyl sites for hydroxylation is 1. The first kappa shape index (κ1) is 23.3. The molecule has 1 aliphatic heterocycles. The second-order valence-electron chi connectivity index (χ2n) is 8.74. The van der Waals surface area contributed by atoms with E-state index in [0.29, 0.717) is 11.5 Å². The van der Waals surface area contributed by atoms with Crippen molar-refractivity contribution in [2.45, 2.75) is 18.5 Å². The quantitative estimate of drug-likeness (QED) is 0.313. The van der Waals surface area contributed by atoms with Gasteiger partial charge in [-0.1, -0.05) is 29.8 Å². The van der Waals surface area contributed by atoms with Gasteiger partial charge in [0.1, 0.15) is 18.3 Å². The van der Waals surface area contributed by atoms with E-state index in [4.69, 9.17) is 11.6 Å². The molecule has 5 aromatic rings. The third kappa shape index (κ3) is 3.86. The van der Waals surface area contributed by atoms with Crippen LogP contribution in [-0.4, -0.2) is 40.8 Å². The lowest BCUT2D eigenvalue weighted by Crippen LogP contribution is -2.30. The Morgan fingerprint density at radius 3 is 2.68 bits per heavy atom. The SMILES string of the molecule is Cn1nccc1Nc1cc(-c2cc3n(c2)C[C@H](CF)n2c-3nnc2C(F)(F)c2ccccc2Cl)ccn1. The number of fused-ring (bicyclic) bond motifs is 3. The zero-order chi connectivity index (χ0) is 25.7. The molecule has 37 heavy (non-hydrogen) atoms. The second kappa shape index (κ2) is 8.77. The van der Waals surface area contributed by atoms with Gasteiger partial charge in [-0.15, -0.1) is 10.2 Å². The lowest BCUT2D eigenvalue weighted by Gasteiger charge is -2.28. The first-order valence-corrected chi connectivity index (χ1v) is 11.8. The van der Waals surface area contributed by atoms with Gasteiger partial charge in [0.05, 0.1) is 23.0 Å². The molecule has 188 valence electrons. The molecule has 0 saturated heterocycles. The molecule has 6 rings (SSSR count). The Labute approximate surface area is 214 Å². The molecule has 0 unspecified atom stereocenters. The number of halogens is 4. The van der Waals surface area contributed by atoms with Gasteiger partial charge in [-0.3, -0.25) is 9.25 Å². The van der Waals surface area contributed by atoms with Crippen LogP contribution in [0.15, 0.2) is 67.1 Å². The fraction of sp³-hybridized carbons (Fsp3) is 0.200. The fourth-order valence-corrected chi connectivity index (χ4v) is 4.86. The van der Waals surface area contributed by atoms with Gasteiger partial charge < -0.3 is 9.88 Å². The molecule has 0 amide bonds. The summed E-state index contributed by atoms with van der Waals surface area (Å²) in [6.07, 6.45) is 5.19. The lowest BCUT2D eigenvalue weighted by atomic mass is 10.1. The van der Waals surface area contributed by atoms with Crippen LogP contribution in [0.3, 0.4) is 0 Å². The molecule has 8 nitrogen and oxygen atoms in total. The highest BCUT2D eigenvalue weighted by molar-refractivity contribution is 6.31. The van der Waals surface area contributed by atoms with E-state index in [1.165, 1.54) is 22.8 Å². The van der Waals surface area contributed by atoms with Crippen LogP contribution in [0.25, 0.3) is 22.6 Å². The number of nitrogens with zero attached hydrogens (tertiary/aromatic N) is 7. The predicted octanol–water partition coefficient (Wildman–Crippen LogP) is 5.60. The zero-order valence-corrected chi connectivity index (χ0v) is 20.2. The summed E-state index contributed by atoms with van der Waals surface area (Å²) in [6, 6.07) is 12.1. The summed E-state index contributed by atoms with van der Waals surface area (Å²) < 4.78 is 50.1. The van der Waals surface area contributed by atoms with Crippen LogP contribution in [0.4, 0.5) is 24.8 Å². The van der Waals surface area contributed by atoms with Crippen LogP contribution >= 0.6 is 11.6 Å². The van der Waals surface area contributed by atoms with Crippen LogP contribution in [0.1, 0.15) is 17.4 Å². The third-order valence-corrected chi connectivity index (χ3v) is 6.77. The Morgan fingerprint density at radius 1 is 1.08 bits per heavy atom. The smallest absolute Gasteiger partial charge is 0.333 e. The van der Waals surface area contributed by atoms with E-state index in [1.54, 1.807) is 23.1 Å². The molecule has 1 aromatic carbocycles. The summed E-state index contributed by atoms with van der Waals surface area (Å²) in [5, 5.41) is 15.1. The highest BCUT2D eigenvalue weighted by atomic mass is 35.5. The molecule has 1 aliphatic rings. The number of hydrogen-bond acceptors (Lipinski definition) is 5. The van der Waals surface area contributed by atoms with E-state index in [1.807, 2.05) is 42.1 Å². The average Bonchev–Trinajstić information content (AvgIpc) is 3.62. The minimum atomic E-state index is -3.56. The number of anilines is 2. The maximum Gasteiger partial charge on any atom is 0.333 e. The molecule has 1 atom stereocenters. The summed E-state index contributed by atoms with van der Waals surface area (Å²) in [5.74, 6) is -2.65. The van der Waals surface area contributed by atoms with Gasteiger partial charge in [-0.2, -0.15) is 13.9 Å². The predicted molar refractivity (Wildman–Crippen MR) is 133 cm³/mol. The van der Waals surface area contributed by atoms with Crippen LogP contribution in [0, 0.1) is 0 Å². The van der Waals surface area contributed by atoms with Crippen LogP contribution < -0.4 is 5.32 Å². The summed E-state index contributed by atoms with van der Waals surface area (Å²) in [5.41, 5.74) is 1.80. The van der Waals surface area contributed by atoms with E-state index < -0.39 is 30.0 Å². The van der Waals surface area contributed by atoms with Gasteiger partial charge >= 0.3 is 5.92 Å². The van der Waals surface area contributed by atoms with E-state index in [9.17, 15) is 4.39 Å². The number of alkyl halides is 3. The van der Waals surface area contributed by atoms with Crippen molar-refractivity contribution in [3.05, 3.63) is 83.5 Å². The zero-order valence-electron chi connectivity index (χ0n) is 19.5. The van der Waals surface area contributed by atoms with Gasteiger partial charge in [0.2, 0.25) is 5.82 Å². The Morgan fingerprint density at radius 2 is 1.92 bits per heavy atom. The number of pyridine rings is 1. The largest absolute Gasteiger partial charge is 0.342 e. The molecule has 1 N–H and O–H groups in total. The average molecular weight is 525 g/mol. The van der Waals surface area contributed by atoms with Crippen molar-refractivity contribution < 1.29 is 13.2 Å². The maximum atomic E-state index is 15.6. The van der Waals surface area contributed by atoms with Gasteiger partial charge in [0, 0.05) is 43.2 Å². The van der Waals surface area contributed by atoms with Crippen LogP contribution in [0.5, 0.6) is 0 Å². The fourth-order valence-electron chi connectivity index (χ4n) is 4.60. The highest BCUT2D eigenvalue weighted by Crippen LogP contribution is 2.43.